The van der Waals surface area contributed by atoms with Gasteiger partial charge in [0.25, 0.3) is 0 Å². The molecule has 1 aliphatic carbocycles. The van der Waals surface area contributed by atoms with Gasteiger partial charge in [-0.25, -0.2) is 9.37 Å². The Labute approximate surface area is 177 Å². The second-order valence-electron chi connectivity index (χ2n) is 9.11. The van der Waals surface area contributed by atoms with Crippen molar-refractivity contribution in [3.8, 4) is 12.1 Å². The number of pyridine rings is 1. The van der Waals surface area contributed by atoms with Crippen LogP contribution in [0.5, 0.6) is 0 Å². The van der Waals surface area contributed by atoms with E-state index in [4.69, 9.17) is 5.26 Å². The maximum atomic E-state index is 13.7. The van der Waals surface area contributed by atoms with Crippen molar-refractivity contribution in [1.29, 1.82) is 10.5 Å². The van der Waals surface area contributed by atoms with Crippen LogP contribution >= 0.6 is 0 Å². The van der Waals surface area contributed by atoms with E-state index in [2.05, 4.69) is 42.0 Å². The first-order valence-corrected chi connectivity index (χ1v) is 10.3. The smallest absolute Gasteiger partial charge is 0.237 e. The van der Waals surface area contributed by atoms with Gasteiger partial charge >= 0.3 is 0 Å². The molecule has 1 aromatic heterocycles. The number of nitrogens with one attached hydrogen (secondary N) is 1. The van der Waals surface area contributed by atoms with Crippen LogP contribution in [-0.2, 0) is 4.79 Å². The van der Waals surface area contributed by atoms with E-state index in [-0.39, 0.29) is 42.4 Å². The third kappa shape index (κ3) is 3.85. The Morgan fingerprint density at radius 3 is 2.73 bits per heavy atom. The van der Waals surface area contributed by atoms with Gasteiger partial charge in [-0.15, -0.1) is 0 Å². The maximum Gasteiger partial charge on any atom is 0.237 e. The van der Waals surface area contributed by atoms with Crippen LogP contribution in [0, 0.1) is 28.1 Å². The largest absolute Gasteiger partial charge is 0.356 e. The Hall–Kier alpha value is -2.71. The monoisotopic (exact) mass is 412 g/mol. The lowest BCUT2D eigenvalue weighted by molar-refractivity contribution is -0.131. The van der Waals surface area contributed by atoms with Crippen molar-refractivity contribution in [2.24, 2.45) is 5.41 Å². The fourth-order valence-corrected chi connectivity index (χ4v) is 4.85. The lowest BCUT2D eigenvalue weighted by atomic mass is 9.73. The average Bonchev–Trinajstić information content (AvgIpc) is 3.22. The topological polar surface area (TPSA) is 96.1 Å². The highest BCUT2D eigenvalue weighted by molar-refractivity contribution is 5.79. The lowest BCUT2D eigenvalue weighted by Gasteiger charge is -2.45. The fraction of sp³-hybridized carbons (Fsp3) is 0.636. The predicted molar refractivity (Wildman–Crippen MR) is 111 cm³/mol. The van der Waals surface area contributed by atoms with Gasteiger partial charge < -0.3 is 15.1 Å². The summed E-state index contributed by atoms with van der Waals surface area (Å²) in [4.78, 5) is 20.6. The normalized spacial score (nSPS) is 30.0. The van der Waals surface area contributed by atoms with Gasteiger partial charge in [0.05, 0.1) is 24.7 Å². The van der Waals surface area contributed by atoms with Gasteiger partial charge in [-0.1, -0.05) is 13.8 Å². The van der Waals surface area contributed by atoms with E-state index in [1.54, 1.807) is 12.3 Å². The Morgan fingerprint density at radius 2 is 2.13 bits per heavy atom. The van der Waals surface area contributed by atoms with Crippen molar-refractivity contribution >= 4 is 11.7 Å². The Morgan fingerprint density at radius 1 is 1.40 bits per heavy atom. The molecule has 2 fully saturated rings. The number of carbonyl (C=O) groups excluding carboxylic acids is 1. The van der Waals surface area contributed by atoms with E-state index in [0.717, 1.165) is 18.7 Å². The number of hydrogen-bond donors (Lipinski definition) is 1. The van der Waals surface area contributed by atoms with Gasteiger partial charge in [0.2, 0.25) is 5.91 Å². The molecule has 1 aromatic rings. The number of alkyl halides is 1. The third-order valence-electron chi connectivity index (χ3n) is 7.23. The van der Waals surface area contributed by atoms with Gasteiger partial charge in [-0.3, -0.25) is 4.79 Å². The molecule has 160 valence electrons. The number of rotatable bonds is 5. The summed E-state index contributed by atoms with van der Waals surface area (Å²) in [5, 5.41) is 21.6. The van der Waals surface area contributed by atoms with Crippen LogP contribution in [0.1, 0.15) is 45.6 Å². The molecule has 1 N–H and O–H groups in total. The quantitative estimate of drug-likeness (QED) is 0.798. The Kier molecular flexibility index (Phi) is 6.01. The number of anilines is 1. The molecule has 0 unspecified atom stereocenters. The summed E-state index contributed by atoms with van der Waals surface area (Å²) in [7, 11) is 2.00. The molecular weight excluding hydrogens is 383 g/mol. The summed E-state index contributed by atoms with van der Waals surface area (Å²) in [6.45, 7) is 6.54. The number of carbonyl (C=O) groups is 1. The van der Waals surface area contributed by atoms with Crippen molar-refractivity contribution in [2.75, 3.05) is 25.0 Å². The number of nitriles is 2. The van der Waals surface area contributed by atoms with Crippen LogP contribution in [-0.4, -0.2) is 59.7 Å². The van der Waals surface area contributed by atoms with Crippen molar-refractivity contribution < 1.29 is 9.18 Å². The number of hydrogen-bond acceptors (Lipinski definition) is 6. The molecule has 30 heavy (non-hydrogen) atoms. The zero-order valence-corrected chi connectivity index (χ0v) is 18.0. The number of likely N-dealkylation sites (tertiary alicyclic amines) is 1. The summed E-state index contributed by atoms with van der Waals surface area (Å²) in [6.07, 6.45) is 2.32. The van der Waals surface area contributed by atoms with Crippen molar-refractivity contribution in [2.45, 2.75) is 63.8 Å². The van der Waals surface area contributed by atoms with E-state index in [1.807, 2.05) is 19.2 Å². The minimum Gasteiger partial charge on any atom is -0.356 e. The molecular formula is C22H29FN6O. The van der Waals surface area contributed by atoms with Gasteiger partial charge in [-0.2, -0.15) is 10.5 Å². The highest BCUT2D eigenvalue weighted by Gasteiger charge is 2.53. The molecule has 0 radical (unpaired) electrons. The molecule has 1 saturated carbocycles. The lowest BCUT2D eigenvalue weighted by Crippen LogP contribution is -2.58. The van der Waals surface area contributed by atoms with Crippen LogP contribution in [0.15, 0.2) is 18.3 Å². The summed E-state index contributed by atoms with van der Waals surface area (Å²) in [5.41, 5.74) is 0.0151. The first kappa shape index (κ1) is 22.0. The average molecular weight is 413 g/mol. The second-order valence-corrected chi connectivity index (χ2v) is 9.11. The number of amides is 1. The minimum absolute atomic E-state index is 0.00539. The summed E-state index contributed by atoms with van der Waals surface area (Å²) < 4.78 is 13.7. The third-order valence-corrected chi connectivity index (χ3v) is 7.23. The molecule has 8 heteroatoms. The van der Waals surface area contributed by atoms with Crippen LogP contribution < -0.4 is 10.2 Å². The molecule has 1 amide bonds. The molecule has 0 spiro atoms. The number of nitrogens with zero attached hydrogens (tertiary/aromatic N) is 5. The van der Waals surface area contributed by atoms with E-state index in [9.17, 15) is 14.4 Å². The van der Waals surface area contributed by atoms with Crippen molar-refractivity contribution in [1.82, 2.24) is 15.2 Å². The second kappa shape index (κ2) is 8.20. The molecule has 1 saturated heterocycles. The number of aromatic nitrogens is 1. The maximum absolute atomic E-state index is 13.7. The van der Waals surface area contributed by atoms with Gasteiger partial charge in [0.15, 0.2) is 0 Å². The van der Waals surface area contributed by atoms with Gasteiger partial charge in [-0.05, 0) is 31.9 Å². The van der Waals surface area contributed by atoms with Gasteiger partial charge in [0.1, 0.15) is 24.1 Å². The molecule has 1 aliphatic heterocycles. The minimum atomic E-state index is -1.13. The highest BCUT2D eigenvalue weighted by atomic mass is 19.1. The molecule has 0 aromatic carbocycles. The van der Waals surface area contributed by atoms with Gasteiger partial charge in [0, 0.05) is 36.7 Å². The first-order valence-electron chi connectivity index (χ1n) is 10.3. The number of halogens is 1. The summed E-state index contributed by atoms with van der Waals surface area (Å²) in [5.74, 6) is 0.569. The summed E-state index contributed by atoms with van der Waals surface area (Å²) in [6, 6.07) is 7.22. The van der Waals surface area contributed by atoms with E-state index >= 15 is 0 Å². The van der Waals surface area contributed by atoms with Crippen molar-refractivity contribution in [3.63, 3.8) is 0 Å². The van der Waals surface area contributed by atoms with Crippen LogP contribution in [0.3, 0.4) is 0 Å². The van der Waals surface area contributed by atoms with Crippen molar-refractivity contribution in [3.05, 3.63) is 23.9 Å². The van der Waals surface area contributed by atoms with E-state index in [0.29, 0.717) is 5.56 Å². The molecule has 0 bridgehead atoms. The zero-order chi connectivity index (χ0) is 22.1. The molecule has 2 aliphatic rings. The zero-order valence-electron chi connectivity index (χ0n) is 18.0. The van der Waals surface area contributed by atoms with E-state index in [1.165, 1.54) is 4.90 Å². The molecule has 2 heterocycles. The summed E-state index contributed by atoms with van der Waals surface area (Å²) >= 11 is 0. The van der Waals surface area contributed by atoms with Crippen LogP contribution in [0.2, 0.25) is 0 Å². The fourth-order valence-electron chi connectivity index (χ4n) is 4.85. The first-order chi connectivity index (χ1) is 14.1. The SMILES string of the molecule is CN(c1ccc(C#N)cn1)[C@H]1CC[C@@](C)(NCC(=O)N2C[C@@H](F)C[C@H]2C#N)C1(C)C. The molecule has 4 atom stereocenters. The van der Waals surface area contributed by atoms with E-state index < -0.39 is 12.2 Å². The van der Waals surface area contributed by atoms with Crippen LogP contribution in [0.4, 0.5) is 10.2 Å². The predicted octanol–water partition coefficient (Wildman–Crippen LogP) is 2.39. The Balaban J connectivity index is 1.68. The van der Waals surface area contributed by atoms with Crippen LogP contribution in [0.25, 0.3) is 0 Å². The standard InChI is InChI=1S/C22H29FN6O/c1-21(2)18(28(4)19-6-5-15(10-24)12-26-19)7-8-22(21,3)27-13-20(30)29-14-16(23)9-17(29)11-25/h5-6,12,16-18,27H,7-9,13-14H2,1-4H3/t16-,17-,18-,22+/m0/s1. The highest BCUT2D eigenvalue weighted by Crippen LogP contribution is 2.48. The Bertz CT molecular complexity index is 873. The molecule has 7 nitrogen and oxygen atoms in total. The molecule has 3 rings (SSSR count).